The Morgan fingerprint density at radius 1 is 0.676 bits per heavy atom. The number of carbonyl (C=O) groups excluding carboxylic acids is 4. The highest BCUT2D eigenvalue weighted by molar-refractivity contribution is 6.07. The smallest absolute Gasteiger partial charge is 0.343 e. The number of benzene rings is 3. The molecule has 3 rings (SSSR count). The van der Waals surface area contributed by atoms with Gasteiger partial charge in [-0.1, -0.05) is 55.5 Å². The Kier molecular flexibility index (Phi) is 8.19. The van der Waals surface area contributed by atoms with E-state index in [9.17, 15) is 19.2 Å². The van der Waals surface area contributed by atoms with Crippen molar-refractivity contribution in [3.05, 3.63) is 113 Å². The van der Waals surface area contributed by atoms with Gasteiger partial charge in [0.25, 0.3) is 0 Å². The topological polar surface area (TPSA) is 77.5 Å². The van der Waals surface area contributed by atoms with E-state index in [0.29, 0.717) is 28.9 Å². The Hall–Kier alpha value is -4.38. The molecule has 3 aromatic carbocycles. The lowest BCUT2D eigenvalue weighted by Gasteiger charge is -2.05. The van der Waals surface area contributed by atoms with Crippen LogP contribution in [0.5, 0.6) is 5.75 Å². The number of Topliss-reactive ketones (excluding diaryl/α,β-unsaturated/α-hetero) is 1. The molecule has 0 saturated carbocycles. The van der Waals surface area contributed by atoms with E-state index in [-0.39, 0.29) is 17.3 Å². The Morgan fingerprint density at radius 3 is 1.71 bits per heavy atom. The van der Waals surface area contributed by atoms with Crippen molar-refractivity contribution in [3.63, 3.8) is 0 Å². The van der Waals surface area contributed by atoms with E-state index in [1.807, 2.05) is 6.92 Å². The third-order valence-corrected chi connectivity index (χ3v) is 4.99. The maximum Gasteiger partial charge on any atom is 0.343 e. The van der Waals surface area contributed by atoms with Crippen molar-refractivity contribution < 1.29 is 23.9 Å². The SMILES string of the molecule is CCC(=O)c1ccc(C=CC(=O)c2ccc(OC(=O)c3ccc(C=CC(C)=O)cc3)cc2)cc1. The van der Waals surface area contributed by atoms with E-state index in [0.717, 1.165) is 11.1 Å². The molecule has 0 spiro atoms. The van der Waals surface area contributed by atoms with Gasteiger partial charge in [-0.3, -0.25) is 14.4 Å². The van der Waals surface area contributed by atoms with Crippen molar-refractivity contribution in [1.29, 1.82) is 0 Å². The number of rotatable bonds is 9. The van der Waals surface area contributed by atoms with Crippen LogP contribution in [0.2, 0.25) is 0 Å². The van der Waals surface area contributed by atoms with Crippen LogP contribution in [0.4, 0.5) is 0 Å². The summed E-state index contributed by atoms with van der Waals surface area (Å²) in [5.74, 6) is -0.375. The number of ketones is 3. The summed E-state index contributed by atoms with van der Waals surface area (Å²) >= 11 is 0. The standard InChI is InChI=1S/C29H24O5/c1-3-27(31)23-11-6-22(7-12-23)10-19-28(32)24-15-17-26(18-16-24)34-29(33)25-13-8-21(9-14-25)5-4-20(2)30/h4-19H,3H2,1-2H3. The second-order valence-electron chi connectivity index (χ2n) is 7.58. The zero-order valence-electron chi connectivity index (χ0n) is 19.0. The van der Waals surface area contributed by atoms with Crippen LogP contribution in [0.3, 0.4) is 0 Å². The number of hydrogen-bond donors (Lipinski definition) is 0. The molecule has 0 amide bonds. The summed E-state index contributed by atoms with van der Waals surface area (Å²) in [6.45, 7) is 3.28. The van der Waals surface area contributed by atoms with Crippen LogP contribution < -0.4 is 4.74 Å². The van der Waals surface area contributed by atoms with Gasteiger partial charge in [0.1, 0.15) is 5.75 Å². The summed E-state index contributed by atoms with van der Waals surface area (Å²) < 4.78 is 5.37. The molecule has 0 aliphatic carbocycles. The van der Waals surface area contributed by atoms with Crippen molar-refractivity contribution in [2.24, 2.45) is 0 Å². The highest BCUT2D eigenvalue weighted by Gasteiger charge is 2.09. The first-order valence-electron chi connectivity index (χ1n) is 10.8. The first kappa shape index (κ1) is 24.3. The molecule has 170 valence electrons. The molecule has 0 bridgehead atoms. The van der Waals surface area contributed by atoms with Gasteiger partial charge in [-0.05, 0) is 66.6 Å². The minimum atomic E-state index is -0.522. The molecule has 0 radical (unpaired) electrons. The highest BCUT2D eigenvalue weighted by atomic mass is 16.5. The van der Waals surface area contributed by atoms with Gasteiger partial charge >= 0.3 is 5.97 Å². The molecule has 5 heteroatoms. The number of allylic oxidation sites excluding steroid dienone is 2. The van der Waals surface area contributed by atoms with Crippen molar-refractivity contribution in [2.45, 2.75) is 20.3 Å². The second kappa shape index (κ2) is 11.5. The van der Waals surface area contributed by atoms with E-state index < -0.39 is 5.97 Å². The van der Waals surface area contributed by atoms with Crippen LogP contribution in [0, 0.1) is 0 Å². The molecule has 0 heterocycles. The van der Waals surface area contributed by atoms with E-state index in [4.69, 9.17) is 4.74 Å². The molecule has 3 aromatic rings. The van der Waals surface area contributed by atoms with Crippen molar-refractivity contribution in [3.8, 4) is 5.75 Å². The molecule has 0 N–H and O–H groups in total. The highest BCUT2D eigenvalue weighted by Crippen LogP contribution is 2.16. The fraction of sp³-hybridized carbons (Fsp3) is 0.103. The van der Waals surface area contributed by atoms with Gasteiger partial charge in [-0.2, -0.15) is 0 Å². The molecular formula is C29H24O5. The van der Waals surface area contributed by atoms with Crippen LogP contribution >= 0.6 is 0 Å². The van der Waals surface area contributed by atoms with E-state index in [1.165, 1.54) is 19.1 Å². The summed E-state index contributed by atoms with van der Waals surface area (Å²) in [7, 11) is 0. The molecular weight excluding hydrogens is 428 g/mol. The lowest BCUT2D eigenvalue weighted by atomic mass is 10.1. The van der Waals surface area contributed by atoms with Gasteiger partial charge in [-0.15, -0.1) is 0 Å². The normalized spacial score (nSPS) is 11.0. The number of carbonyl (C=O) groups is 4. The predicted octanol–water partition coefficient (Wildman–Crippen LogP) is 6.00. The Bertz CT molecular complexity index is 1250. The summed E-state index contributed by atoms with van der Waals surface area (Å²) in [6, 6.07) is 20.1. The first-order valence-corrected chi connectivity index (χ1v) is 10.8. The lowest BCUT2D eigenvalue weighted by Crippen LogP contribution is -2.08. The van der Waals surface area contributed by atoms with E-state index >= 15 is 0 Å². The van der Waals surface area contributed by atoms with Gasteiger partial charge in [0.2, 0.25) is 0 Å². The van der Waals surface area contributed by atoms with Crippen molar-refractivity contribution in [2.75, 3.05) is 0 Å². The van der Waals surface area contributed by atoms with Crippen LogP contribution in [0.15, 0.2) is 84.9 Å². The minimum absolute atomic E-state index is 0.0559. The van der Waals surface area contributed by atoms with Crippen LogP contribution in [-0.4, -0.2) is 23.3 Å². The fourth-order valence-electron chi connectivity index (χ4n) is 3.05. The quantitative estimate of drug-likeness (QED) is 0.172. The lowest BCUT2D eigenvalue weighted by molar-refractivity contribution is -0.112. The maximum absolute atomic E-state index is 12.4. The molecule has 0 fully saturated rings. The predicted molar refractivity (Wildman–Crippen MR) is 132 cm³/mol. The van der Waals surface area contributed by atoms with Crippen molar-refractivity contribution >= 4 is 35.5 Å². The number of hydrogen-bond acceptors (Lipinski definition) is 5. The fourth-order valence-corrected chi connectivity index (χ4v) is 3.05. The molecule has 0 atom stereocenters. The van der Waals surface area contributed by atoms with Gasteiger partial charge in [0.15, 0.2) is 17.3 Å². The second-order valence-corrected chi connectivity index (χ2v) is 7.58. The maximum atomic E-state index is 12.4. The monoisotopic (exact) mass is 452 g/mol. The average molecular weight is 453 g/mol. The Morgan fingerprint density at radius 2 is 1.18 bits per heavy atom. The first-order chi connectivity index (χ1) is 16.4. The third kappa shape index (κ3) is 6.81. The minimum Gasteiger partial charge on any atom is -0.423 e. The van der Waals surface area contributed by atoms with Crippen LogP contribution in [0.1, 0.15) is 62.5 Å². The zero-order chi connectivity index (χ0) is 24.5. The van der Waals surface area contributed by atoms with Crippen molar-refractivity contribution in [1.82, 2.24) is 0 Å². The zero-order valence-corrected chi connectivity index (χ0v) is 19.0. The van der Waals surface area contributed by atoms with Gasteiger partial charge in [0.05, 0.1) is 5.56 Å². The molecule has 5 nitrogen and oxygen atoms in total. The molecule has 0 unspecified atom stereocenters. The average Bonchev–Trinajstić information content (AvgIpc) is 2.86. The molecule has 0 aliphatic rings. The molecule has 0 saturated heterocycles. The molecule has 34 heavy (non-hydrogen) atoms. The summed E-state index contributed by atoms with van der Waals surface area (Å²) in [5.41, 5.74) is 3.09. The summed E-state index contributed by atoms with van der Waals surface area (Å²) in [6.07, 6.45) is 6.72. The molecule has 0 aliphatic heterocycles. The van der Waals surface area contributed by atoms with Gasteiger partial charge in [-0.25, -0.2) is 4.79 Å². The number of ether oxygens (including phenoxy) is 1. The molecule has 0 aromatic heterocycles. The van der Waals surface area contributed by atoms with Crippen LogP contribution in [0.25, 0.3) is 12.2 Å². The third-order valence-electron chi connectivity index (χ3n) is 4.99. The van der Waals surface area contributed by atoms with Gasteiger partial charge < -0.3 is 4.74 Å². The largest absolute Gasteiger partial charge is 0.423 e. The summed E-state index contributed by atoms with van der Waals surface area (Å²) in [4.78, 5) is 47.5. The Balaban J connectivity index is 1.59. The number of esters is 1. The Labute approximate surface area is 198 Å². The van der Waals surface area contributed by atoms with E-state index in [2.05, 4.69) is 0 Å². The van der Waals surface area contributed by atoms with E-state index in [1.54, 1.807) is 84.9 Å². The summed E-state index contributed by atoms with van der Waals surface area (Å²) in [5, 5.41) is 0. The van der Waals surface area contributed by atoms with Crippen LogP contribution in [-0.2, 0) is 4.79 Å². The van der Waals surface area contributed by atoms with Gasteiger partial charge in [0, 0.05) is 17.5 Å².